The Balaban J connectivity index is 1.80. The van der Waals surface area contributed by atoms with Crippen LogP contribution in [-0.4, -0.2) is 24.9 Å². The Bertz CT molecular complexity index is 1130. The molecule has 3 rings (SSSR count). The average molecular weight is 451 g/mol. The van der Waals surface area contributed by atoms with E-state index in [0.29, 0.717) is 21.8 Å². The number of halogens is 1. The molecule has 0 saturated carbocycles. The minimum atomic E-state index is -0.580. The number of aryl methyl sites for hydroxylation is 1. The third kappa shape index (κ3) is 5.74. The van der Waals surface area contributed by atoms with Crippen molar-refractivity contribution < 1.29 is 19.1 Å². The molecule has 0 aliphatic rings. The van der Waals surface area contributed by atoms with Crippen LogP contribution in [0.25, 0.3) is 0 Å². The summed E-state index contributed by atoms with van der Waals surface area (Å²) >= 11 is 6.15. The fourth-order valence-electron chi connectivity index (χ4n) is 3.21. The molecule has 2 N–H and O–H groups in total. The fourth-order valence-corrected chi connectivity index (χ4v) is 3.43. The molecule has 0 radical (unpaired) electrons. The van der Waals surface area contributed by atoms with Gasteiger partial charge in [-0.3, -0.25) is 9.59 Å². The molecule has 0 aliphatic carbocycles. The third-order valence-corrected chi connectivity index (χ3v) is 5.28. The van der Waals surface area contributed by atoms with Gasteiger partial charge in [0.2, 0.25) is 5.91 Å². The van der Waals surface area contributed by atoms with Gasteiger partial charge in [-0.15, -0.1) is 0 Å². The first-order valence-electron chi connectivity index (χ1n) is 9.98. The number of methoxy groups -OCH3 is 1. The fraction of sp³-hybridized carbons (Fsp3) is 0.160. The van der Waals surface area contributed by atoms with Crippen molar-refractivity contribution in [3.63, 3.8) is 0 Å². The summed E-state index contributed by atoms with van der Waals surface area (Å²) in [5, 5.41) is 6.06. The molecule has 0 aromatic heterocycles. The Morgan fingerprint density at radius 3 is 2.34 bits per heavy atom. The van der Waals surface area contributed by atoms with E-state index in [9.17, 15) is 14.4 Å². The Morgan fingerprint density at radius 1 is 0.969 bits per heavy atom. The maximum atomic E-state index is 12.9. The smallest absolute Gasteiger partial charge is 0.337 e. The number of rotatable bonds is 7. The van der Waals surface area contributed by atoms with Crippen molar-refractivity contribution in [2.45, 2.75) is 19.4 Å². The molecule has 1 atom stereocenters. The number of benzene rings is 3. The van der Waals surface area contributed by atoms with Crippen molar-refractivity contribution in [2.24, 2.45) is 0 Å². The number of nitrogens with one attached hydrogen (secondary N) is 2. The highest BCUT2D eigenvalue weighted by atomic mass is 35.5. The number of carbonyl (C=O) groups excluding carboxylic acids is 3. The van der Waals surface area contributed by atoms with Crippen LogP contribution in [0.1, 0.15) is 44.3 Å². The van der Waals surface area contributed by atoms with Gasteiger partial charge in [-0.2, -0.15) is 0 Å². The summed E-state index contributed by atoms with van der Waals surface area (Å²) in [5.74, 6) is -1.18. The van der Waals surface area contributed by atoms with Crippen LogP contribution < -0.4 is 10.6 Å². The molecule has 0 fully saturated rings. The van der Waals surface area contributed by atoms with Crippen LogP contribution >= 0.6 is 11.6 Å². The minimum absolute atomic E-state index is 0.0118. The van der Waals surface area contributed by atoms with Crippen molar-refractivity contribution >= 4 is 35.1 Å². The summed E-state index contributed by atoms with van der Waals surface area (Å²) in [4.78, 5) is 37.5. The van der Waals surface area contributed by atoms with Gasteiger partial charge < -0.3 is 15.4 Å². The lowest BCUT2D eigenvalue weighted by molar-refractivity contribution is -0.116. The highest BCUT2D eigenvalue weighted by Crippen LogP contribution is 2.23. The van der Waals surface area contributed by atoms with Crippen molar-refractivity contribution in [2.75, 3.05) is 12.4 Å². The van der Waals surface area contributed by atoms with Gasteiger partial charge in [0.1, 0.15) is 0 Å². The first-order chi connectivity index (χ1) is 15.4. The molecule has 0 spiro atoms. The lowest BCUT2D eigenvalue weighted by Gasteiger charge is -2.20. The summed E-state index contributed by atoms with van der Waals surface area (Å²) in [6.45, 7) is 1.82. The Hall–Kier alpha value is -3.64. The predicted molar refractivity (Wildman–Crippen MR) is 124 cm³/mol. The number of amides is 2. The Labute approximate surface area is 191 Å². The number of anilines is 1. The monoisotopic (exact) mass is 450 g/mol. The average Bonchev–Trinajstić information content (AvgIpc) is 2.80. The summed E-state index contributed by atoms with van der Waals surface area (Å²) in [5.41, 5.74) is 2.74. The number of ether oxygens (including phenoxy) is 1. The largest absolute Gasteiger partial charge is 0.465 e. The van der Waals surface area contributed by atoms with E-state index >= 15 is 0 Å². The van der Waals surface area contributed by atoms with E-state index in [1.54, 1.807) is 42.5 Å². The van der Waals surface area contributed by atoms with Gasteiger partial charge in [-0.05, 0) is 42.3 Å². The first-order valence-corrected chi connectivity index (χ1v) is 10.4. The topological polar surface area (TPSA) is 84.5 Å². The zero-order chi connectivity index (χ0) is 23.1. The van der Waals surface area contributed by atoms with Gasteiger partial charge >= 0.3 is 5.97 Å². The van der Waals surface area contributed by atoms with Crippen LogP contribution in [0, 0.1) is 6.92 Å². The Morgan fingerprint density at radius 2 is 1.66 bits per heavy atom. The summed E-state index contributed by atoms with van der Waals surface area (Å²) in [6, 6.07) is 20.3. The third-order valence-electron chi connectivity index (χ3n) is 4.95. The van der Waals surface area contributed by atoms with Crippen LogP contribution in [0.4, 0.5) is 5.69 Å². The maximum Gasteiger partial charge on any atom is 0.337 e. The van der Waals surface area contributed by atoms with Gasteiger partial charge in [0.15, 0.2) is 0 Å². The lowest BCUT2D eigenvalue weighted by Crippen LogP contribution is -2.31. The minimum Gasteiger partial charge on any atom is -0.465 e. The predicted octanol–water partition coefficient (Wildman–Crippen LogP) is 4.93. The molecule has 7 heteroatoms. The van der Waals surface area contributed by atoms with E-state index in [0.717, 1.165) is 11.1 Å². The Kier molecular flexibility index (Phi) is 7.63. The van der Waals surface area contributed by atoms with Gasteiger partial charge in [0.05, 0.1) is 35.7 Å². The van der Waals surface area contributed by atoms with E-state index in [2.05, 4.69) is 10.6 Å². The lowest BCUT2D eigenvalue weighted by atomic mass is 10.0. The van der Waals surface area contributed by atoms with Gasteiger partial charge in [0.25, 0.3) is 5.91 Å². The van der Waals surface area contributed by atoms with Crippen LogP contribution in [0.3, 0.4) is 0 Å². The van der Waals surface area contributed by atoms with Crippen molar-refractivity contribution in [1.82, 2.24) is 5.32 Å². The molecule has 32 heavy (non-hydrogen) atoms. The van der Waals surface area contributed by atoms with Gasteiger partial charge in [0, 0.05) is 5.69 Å². The number of hydrogen-bond donors (Lipinski definition) is 2. The second-order valence-corrected chi connectivity index (χ2v) is 7.60. The van der Waals surface area contributed by atoms with Crippen molar-refractivity contribution in [3.8, 4) is 0 Å². The van der Waals surface area contributed by atoms with E-state index in [1.165, 1.54) is 7.11 Å². The molecule has 1 unspecified atom stereocenters. The number of esters is 1. The SMILES string of the molecule is COC(=O)c1ccc(C)c(NC(=O)CC(NC(=O)c2ccccc2Cl)c2ccccc2)c1. The molecule has 6 nitrogen and oxygen atoms in total. The molecule has 0 saturated heterocycles. The molecule has 164 valence electrons. The van der Waals surface area contributed by atoms with Gasteiger partial charge in [-0.25, -0.2) is 4.79 Å². The molecular formula is C25H23ClN2O4. The van der Waals surface area contributed by atoms with Crippen LogP contribution in [0.2, 0.25) is 5.02 Å². The van der Waals surface area contributed by atoms with E-state index in [1.807, 2.05) is 37.3 Å². The molecule has 3 aromatic rings. The molecule has 2 amide bonds. The highest BCUT2D eigenvalue weighted by Gasteiger charge is 2.21. The molecule has 0 aliphatic heterocycles. The van der Waals surface area contributed by atoms with Crippen LogP contribution in [0.5, 0.6) is 0 Å². The quantitative estimate of drug-likeness (QED) is 0.499. The zero-order valence-corrected chi connectivity index (χ0v) is 18.5. The number of hydrogen-bond acceptors (Lipinski definition) is 4. The summed E-state index contributed by atoms with van der Waals surface area (Å²) in [6.07, 6.45) is -0.0118. The van der Waals surface area contributed by atoms with Crippen molar-refractivity contribution in [3.05, 3.63) is 100 Å². The normalized spacial score (nSPS) is 11.3. The second-order valence-electron chi connectivity index (χ2n) is 7.19. The second kappa shape index (κ2) is 10.6. The summed E-state index contributed by atoms with van der Waals surface area (Å²) in [7, 11) is 1.30. The van der Waals surface area contributed by atoms with Crippen LogP contribution in [0.15, 0.2) is 72.8 Å². The maximum absolute atomic E-state index is 12.9. The molecular weight excluding hydrogens is 428 g/mol. The van der Waals surface area contributed by atoms with Crippen LogP contribution in [-0.2, 0) is 9.53 Å². The van der Waals surface area contributed by atoms with E-state index in [-0.39, 0.29) is 18.2 Å². The highest BCUT2D eigenvalue weighted by molar-refractivity contribution is 6.33. The molecule has 3 aromatic carbocycles. The number of carbonyl (C=O) groups is 3. The zero-order valence-electron chi connectivity index (χ0n) is 17.7. The van der Waals surface area contributed by atoms with E-state index < -0.39 is 12.0 Å². The van der Waals surface area contributed by atoms with Gasteiger partial charge in [-0.1, -0.05) is 60.1 Å². The standard InChI is InChI=1S/C25H23ClN2O4/c1-16-12-13-18(25(31)32-2)14-21(16)27-23(29)15-22(17-8-4-3-5-9-17)28-24(30)19-10-6-7-11-20(19)26/h3-14,22H,15H2,1-2H3,(H,27,29)(H,28,30). The van der Waals surface area contributed by atoms with E-state index in [4.69, 9.17) is 16.3 Å². The molecule has 0 heterocycles. The first kappa shape index (κ1) is 23.0. The molecule has 0 bridgehead atoms. The summed E-state index contributed by atoms with van der Waals surface area (Å²) < 4.78 is 4.74. The van der Waals surface area contributed by atoms with Crippen molar-refractivity contribution in [1.29, 1.82) is 0 Å².